The third-order valence-corrected chi connectivity index (χ3v) is 5.78. The van der Waals surface area contributed by atoms with Gasteiger partial charge >= 0.3 is 5.97 Å². The van der Waals surface area contributed by atoms with Gasteiger partial charge in [0.2, 0.25) is 5.91 Å². The van der Waals surface area contributed by atoms with Gasteiger partial charge in [0, 0.05) is 10.8 Å². The second kappa shape index (κ2) is 7.77. The number of carbonyl (C=O) groups excluding carboxylic acids is 1. The number of nitrogens with one attached hydrogen (secondary N) is 1. The van der Waals surface area contributed by atoms with Crippen LogP contribution in [0.25, 0.3) is 0 Å². The van der Waals surface area contributed by atoms with Crippen molar-refractivity contribution in [2.45, 2.75) is 52.0 Å². The SMILES string of the molecule is CCC(CC)C(NC(=O)[C@@H]1CC[C@H](C(=O)O)C1)c1cccs1. The van der Waals surface area contributed by atoms with Gasteiger partial charge in [-0.1, -0.05) is 32.8 Å². The minimum atomic E-state index is -0.773. The first-order valence-electron chi connectivity index (χ1n) is 8.13. The Balaban J connectivity index is 2.04. The Hall–Kier alpha value is -1.36. The van der Waals surface area contributed by atoms with Crippen LogP contribution in [0.5, 0.6) is 0 Å². The summed E-state index contributed by atoms with van der Waals surface area (Å²) in [4.78, 5) is 24.8. The zero-order valence-corrected chi connectivity index (χ0v) is 14.1. The average Bonchev–Trinajstić information content (AvgIpc) is 3.18. The lowest BCUT2D eigenvalue weighted by molar-refractivity contribution is -0.141. The molecule has 0 aliphatic heterocycles. The number of hydrogen-bond acceptors (Lipinski definition) is 3. The summed E-state index contributed by atoms with van der Waals surface area (Å²) in [6.45, 7) is 4.30. The smallest absolute Gasteiger partial charge is 0.306 e. The maximum atomic E-state index is 12.6. The fourth-order valence-corrected chi connectivity index (χ4v) is 4.23. The van der Waals surface area contributed by atoms with Crippen molar-refractivity contribution < 1.29 is 14.7 Å². The molecule has 1 aromatic rings. The first kappa shape index (κ1) is 17.0. The molecule has 1 saturated carbocycles. The van der Waals surface area contributed by atoms with E-state index in [4.69, 9.17) is 5.11 Å². The maximum Gasteiger partial charge on any atom is 0.306 e. The Bertz CT molecular complexity index is 496. The molecule has 122 valence electrons. The normalized spacial score (nSPS) is 22.7. The molecule has 5 heteroatoms. The summed E-state index contributed by atoms with van der Waals surface area (Å²) in [5.74, 6) is -0.847. The molecule has 1 aromatic heterocycles. The van der Waals surface area contributed by atoms with E-state index >= 15 is 0 Å². The second-order valence-electron chi connectivity index (χ2n) is 6.12. The van der Waals surface area contributed by atoms with Crippen LogP contribution < -0.4 is 5.32 Å². The minimum Gasteiger partial charge on any atom is -0.481 e. The van der Waals surface area contributed by atoms with E-state index in [9.17, 15) is 9.59 Å². The van der Waals surface area contributed by atoms with E-state index in [0.29, 0.717) is 25.2 Å². The average molecular weight is 323 g/mol. The van der Waals surface area contributed by atoms with Gasteiger partial charge in [0.15, 0.2) is 0 Å². The third-order valence-electron chi connectivity index (χ3n) is 4.82. The Morgan fingerprint density at radius 2 is 2.00 bits per heavy atom. The molecule has 1 amide bonds. The van der Waals surface area contributed by atoms with Gasteiger partial charge in [-0.3, -0.25) is 9.59 Å². The number of amides is 1. The molecular formula is C17H25NO3S. The van der Waals surface area contributed by atoms with Gasteiger partial charge in [0.05, 0.1) is 12.0 Å². The highest BCUT2D eigenvalue weighted by Gasteiger charge is 2.35. The maximum absolute atomic E-state index is 12.6. The van der Waals surface area contributed by atoms with Crippen molar-refractivity contribution in [1.29, 1.82) is 0 Å². The monoisotopic (exact) mass is 323 g/mol. The molecule has 0 radical (unpaired) electrons. The number of aliphatic carboxylic acids is 1. The lowest BCUT2D eigenvalue weighted by Crippen LogP contribution is -2.36. The van der Waals surface area contributed by atoms with Gasteiger partial charge in [-0.25, -0.2) is 0 Å². The molecule has 2 rings (SSSR count). The van der Waals surface area contributed by atoms with Crippen molar-refractivity contribution in [3.63, 3.8) is 0 Å². The molecule has 1 heterocycles. The molecule has 1 aliphatic rings. The summed E-state index contributed by atoms with van der Waals surface area (Å²) in [5, 5.41) is 14.3. The lowest BCUT2D eigenvalue weighted by atomic mass is 9.92. The number of carbonyl (C=O) groups is 2. The number of rotatable bonds is 7. The van der Waals surface area contributed by atoms with E-state index in [-0.39, 0.29) is 23.8 Å². The number of carboxylic acid groups (broad SMARTS) is 1. The molecule has 0 saturated heterocycles. The topological polar surface area (TPSA) is 66.4 Å². The fraction of sp³-hybridized carbons (Fsp3) is 0.647. The van der Waals surface area contributed by atoms with E-state index in [1.54, 1.807) is 11.3 Å². The molecule has 1 aliphatic carbocycles. The predicted octanol–water partition coefficient (Wildman–Crippen LogP) is 3.84. The van der Waals surface area contributed by atoms with Crippen LogP contribution in [0.15, 0.2) is 17.5 Å². The molecule has 0 aromatic carbocycles. The summed E-state index contributed by atoms with van der Waals surface area (Å²) in [5.41, 5.74) is 0. The summed E-state index contributed by atoms with van der Waals surface area (Å²) >= 11 is 1.67. The van der Waals surface area contributed by atoms with Crippen LogP contribution in [-0.4, -0.2) is 17.0 Å². The summed E-state index contributed by atoms with van der Waals surface area (Å²) in [7, 11) is 0. The van der Waals surface area contributed by atoms with E-state index in [1.165, 1.54) is 4.88 Å². The summed E-state index contributed by atoms with van der Waals surface area (Å²) < 4.78 is 0. The molecule has 3 atom stereocenters. The van der Waals surface area contributed by atoms with E-state index < -0.39 is 5.97 Å². The Morgan fingerprint density at radius 3 is 2.50 bits per heavy atom. The van der Waals surface area contributed by atoms with E-state index in [2.05, 4.69) is 25.2 Å². The lowest BCUT2D eigenvalue weighted by Gasteiger charge is -2.27. The molecule has 1 fully saturated rings. The van der Waals surface area contributed by atoms with Gasteiger partial charge in [0.25, 0.3) is 0 Å². The first-order valence-corrected chi connectivity index (χ1v) is 9.01. The van der Waals surface area contributed by atoms with Crippen molar-refractivity contribution in [1.82, 2.24) is 5.32 Å². The Labute approximate surface area is 135 Å². The van der Waals surface area contributed by atoms with Gasteiger partial charge in [-0.05, 0) is 36.6 Å². The summed E-state index contributed by atoms with van der Waals surface area (Å²) in [6, 6.07) is 4.13. The predicted molar refractivity (Wildman–Crippen MR) is 87.7 cm³/mol. The molecule has 4 nitrogen and oxygen atoms in total. The van der Waals surface area contributed by atoms with Gasteiger partial charge in [0.1, 0.15) is 0 Å². The van der Waals surface area contributed by atoms with Crippen LogP contribution in [0, 0.1) is 17.8 Å². The van der Waals surface area contributed by atoms with E-state index in [0.717, 1.165) is 12.8 Å². The van der Waals surface area contributed by atoms with Crippen molar-refractivity contribution in [2.75, 3.05) is 0 Å². The highest BCUT2D eigenvalue weighted by Crippen LogP contribution is 2.34. The van der Waals surface area contributed by atoms with Crippen LogP contribution in [-0.2, 0) is 9.59 Å². The van der Waals surface area contributed by atoms with Crippen LogP contribution in [0.2, 0.25) is 0 Å². The second-order valence-corrected chi connectivity index (χ2v) is 7.10. The van der Waals surface area contributed by atoms with Crippen LogP contribution in [0.3, 0.4) is 0 Å². The molecule has 0 bridgehead atoms. The first-order chi connectivity index (χ1) is 10.6. The number of hydrogen-bond donors (Lipinski definition) is 2. The number of thiophene rings is 1. The van der Waals surface area contributed by atoms with Crippen molar-refractivity contribution in [3.05, 3.63) is 22.4 Å². The van der Waals surface area contributed by atoms with Gasteiger partial charge in [-0.15, -0.1) is 11.3 Å². The van der Waals surface area contributed by atoms with Gasteiger partial charge in [-0.2, -0.15) is 0 Å². The molecule has 0 spiro atoms. The standard InChI is InChI=1S/C17H25NO3S/c1-3-11(4-2)15(14-6-5-9-22-14)18-16(19)12-7-8-13(10-12)17(20)21/h5-6,9,11-13,15H,3-4,7-8,10H2,1-2H3,(H,18,19)(H,20,21)/t12-,13+,15?/m1/s1. The Morgan fingerprint density at radius 1 is 1.32 bits per heavy atom. The fourth-order valence-electron chi connectivity index (χ4n) is 3.36. The van der Waals surface area contributed by atoms with Crippen molar-refractivity contribution in [3.8, 4) is 0 Å². The molecule has 2 N–H and O–H groups in total. The zero-order chi connectivity index (χ0) is 16.1. The third kappa shape index (κ3) is 3.88. The highest BCUT2D eigenvalue weighted by molar-refractivity contribution is 7.10. The van der Waals surface area contributed by atoms with E-state index in [1.807, 2.05) is 11.4 Å². The Kier molecular flexibility index (Phi) is 6.00. The summed E-state index contributed by atoms with van der Waals surface area (Å²) in [6.07, 6.45) is 3.80. The van der Waals surface area contributed by atoms with Crippen LogP contribution in [0.4, 0.5) is 0 Å². The molecule has 1 unspecified atom stereocenters. The molecular weight excluding hydrogens is 298 g/mol. The molecule has 22 heavy (non-hydrogen) atoms. The zero-order valence-electron chi connectivity index (χ0n) is 13.2. The van der Waals surface area contributed by atoms with Crippen molar-refractivity contribution >= 4 is 23.2 Å². The largest absolute Gasteiger partial charge is 0.481 e. The van der Waals surface area contributed by atoms with Crippen molar-refractivity contribution in [2.24, 2.45) is 17.8 Å². The van der Waals surface area contributed by atoms with Crippen LogP contribution in [0.1, 0.15) is 56.9 Å². The quantitative estimate of drug-likeness (QED) is 0.801. The highest BCUT2D eigenvalue weighted by atomic mass is 32.1. The van der Waals surface area contributed by atoms with Crippen LogP contribution >= 0.6 is 11.3 Å². The minimum absolute atomic E-state index is 0.0223. The number of carboxylic acids is 1. The van der Waals surface area contributed by atoms with Gasteiger partial charge < -0.3 is 10.4 Å².